The van der Waals surface area contributed by atoms with Gasteiger partial charge in [-0.05, 0) is 91.3 Å². The number of carbonyl (C=O) groups is 1. The number of fused-ring (bicyclic) bond motifs is 5. The zero-order valence-corrected chi connectivity index (χ0v) is 20.7. The Morgan fingerprint density at radius 3 is 2.53 bits per heavy atom. The van der Waals surface area contributed by atoms with Crippen LogP contribution in [0.1, 0.15) is 105 Å². The average molecular weight is 457 g/mol. The van der Waals surface area contributed by atoms with Crippen molar-refractivity contribution in [2.45, 2.75) is 111 Å². The van der Waals surface area contributed by atoms with Crippen LogP contribution in [0, 0.1) is 46.3 Å². The Kier molecular flexibility index (Phi) is 8.39. The topological polar surface area (TPSA) is 46.5 Å². The standard InChI is InChI=1S/C28H46O3.Mg.2H/c1-18(2)7-6-8-19(3)23-11-12-24-22-10-9-20-17-21(31-26(29)30)13-15-27(20,4)25(22)14-16-28(23,24)5;;;/h9,18-19,21-25H,6-8,10-17H2,1-5H3,(H,29,30);;;/t19-,21+,22+,23-,24+,25+,27+,28-;;;/m1.../s1. The van der Waals surface area contributed by atoms with E-state index in [0.29, 0.717) is 5.41 Å². The van der Waals surface area contributed by atoms with E-state index in [1.807, 2.05) is 0 Å². The Bertz CT molecular complexity index is 703. The Morgan fingerprint density at radius 1 is 1.09 bits per heavy atom. The molecule has 4 rings (SSSR count). The average Bonchev–Trinajstić information content (AvgIpc) is 3.05. The van der Waals surface area contributed by atoms with E-state index in [0.717, 1.165) is 54.8 Å². The summed E-state index contributed by atoms with van der Waals surface area (Å²) < 4.78 is 5.17. The van der Waals surface area contributed by atoms with Gasteiger partial charge >= 0.3 is 29.2 Å². The Labute approximate surface area is 212 Å². The molecule has 0 heterocycles. The van der Waals surface area contributed by atoms with E-state index in [4.69, 9.17) is 9.84 Å². The number of allylic oxidation sites excluding steroid dienone is 1. The van der Waals surface area contributed by atoms with Gasteiger partial charge in [0.25, 0.3) is 0 Å². The molecule has 4 aliphatic rings. The molecule has 1 N–H and O–H groups in total. The van der Waals surface area contributed by atoms with E-state index < -0.39 is 6.16 Å². The van der Waals surface area contributed by atoms with Gasteiger partial charge in [-0.3, -0.25) is 0 Å². The third-order valence-electron chi connectivity index (χ3n) is 10.5. The van der Waals surface area contributed by atoms with Gasteiger partial charge in [0.15, 0.2) is 0 Å². The molecule has 0 aromatic carbocycles. The van der Waals surface area contributed by atoms with Crippen LogP contribution in [0.3, 0.4) is 0 Å². The van der Waals surface area contributed by atoms with Crippen molar-refractivity contribution in [1.29, 1.82) is 0 Å². The van der Waals surface area contributed by atoms with Gasteiger partial charge in [-0.15, -0.1) is 0 Å². The van der Waals surface area contributed by atoms with Crippen molar-refractivity contribution >= 4 is 29.2 Å². The first-order chi connectivity index (χ1) is 14.6. The van der Waals surface area contributed by atoms with Gasteiger partial charge in [0.1, 0.15) is 6.10 Å². The predicted octanol–water partition coefficient (Wildman–Crippen LogP) is 7.17. The maximum absolute atomic E-state index is 11.0. The third kappa shape index (κ3) is 4.79. The van der Waals surface area contributed by atoms with Gasteiger partial charge in [-0.2, -0.15) is 0 Å². The molecule has 0 spiro atoms. The maximum atomic E-state index is 11.0. The largest absolute Gasteiger partial charge is 0.506 e. The highest BCUT2D eigenvalue weighted by atomic mass is 24.3. The molecule has 3 fully saturated rings. The van der Waals surface area contributed by atoms with Crippen LogP contribution >= 0.6 is 0 Å². The summed E-state index contributed by atoms with van der Waals surface area (Å²) in [6, 6.07) is 0. The highest BCUT2D eigenvalue weighted by Crippen LogP contribution is 2.67. The van der Waals surface area contributed by atoms with Crippen LogP contribution in [0.4, 0.5) is 4.79 Å². The molecular formula is C28H48MgO3. The molecule has 0 aromatic heterocycles. The SMILES string of the molecule is CC(C)CCC[C@@H](C)[C@H]1CC[C@H]2[C@@H]3CC=C4C[C@@H](OC(=O)O)CC[C@]4(C)[C@H]3CC[C@]12C.[MgH2]. The van der Waals surface area contributed by atoms with Gasteiger partial charge in [0, 0.05) is 6.42 Å². The van der Waals surface area contributed by atoms with Crippen LogP contribution in [0.5, 0.6) is 0 Å². The number of carboxylic acid groups (broad SMARTS) is 1. The fourth-order valence-corrected chi connectivity index (χ4v) is 8.90. The third-order valence-corrected chi connectivity index (χ3v) is 10.5. The highest BCUT2D eigenvalue weighted by Gasteiger charge is 2.59. The van der Waals surface area contributed by atoms with Gasteiger partial charge in [-0.1, -0.05) is 65.5 Å². The molecule has 0 aliphatic heterocycles. The van der Waals surface area contributed by atoms with Crippen LogP contribution in [-0.2, 0) is 4.74 Å². The van der Waals surface area contributed by atoms with E-state index in [9.17, 15) is 4.79 Å². The van der Waals surface area contributed by atoms with E-state index in [1.165, 1.54) is 56.9 Å². The Hall–Kier alpha value is -0.224. The van der Waals surface area contributed by atoms with Crippen LogP contribution in [0.2, 0.25) is 0 Å². The lowest BCUT2D eigenvalue weighted by atomic mass is 9.47. The summed E-state index contributed by atoms with van der Waals surface area (Å²) in [4.78, 5) is 11.0. The van der Waals surface area contributed by atoms with E-state index in [2.05, 4.69) is 40.7 Å². The summed E-state index contributed by atoms with van der Waals surface area (Å²) >= 11 is 0. The Balaban J connectivity index is 0.00000289. The van der Waals surface area contributed by atoms with Crippen molar-refractivity contribution in [3.63, 3.8) is 0 Å². The summed E-state index contributed by atoms with van der Waals surface area (Å²) in [6.07, 6.45) is 15.1. The molecule has 3 saturated carbocycles. The summed E-state index contributed by atoms with van der Waals surface area (Å²) in [7, 11) is 0. The molecule has 0 saturated heterocycles. The first kappa shape index (κ1) is 26.4. The first-order valence-electron chi connectivity index (χ1n) is 13.2. The molecule has 3 nitrogen and oxygen atoms in total. The molecule has 180 valence electrons. The quantitative estimate of drug-likeness (QED) is 0.261. The summed E-state index contributed by atoms with van der Waals surface area (Å²) in [5.74, 6) is 5.09. The number of ether oxygens (including phenoxy) is 1. The highest BCUT2D eigenvalue weighted by molar-refractivity contribution is 5.75. The van der Waals surface area contributed by atoms with Crippen LogP contribution in [0.15, 0.2) is 11.6 Å². The Morgan fingerprint density at radius 2 is 1.84 bits per heavy atom. The van der Waals surface area contributed by atoms with Crippen molar-refractivity contribution < 1.29 is 14.6 Å². The molecule has 4 aliphatic carbocycles. The van der Waals surface area contributed by atoms with Gasteiger partial charge in [-0.25, -0.2) is 4.79 Å². The molecule has 4 heteroatoms. The van der Waals surface area contributed by atoms with E-state index in [1.54, 1.807) is 0 Å². The maximum Gasteiger partial charge on any atom is 0.506 e. The summed E-state index contributed by atoms with van der Waals surface area (Å²) in [5.41, 5.74) is 2.30. The van der Waals surface area contributed by atoms with E-state index >= 15 is 0 Å². The van der Waals surface area contributed by atoms with Crippen LogP contribution in [-0.4, -0.2) is 40.4 Å². The molecule has 0 radical (unpaired) electrons. The predicted molar refractivity (Wildman–Crippen MR) is 134 cm³/mol. The molecular weight excluding hydrogens is 409 g/mol. The van der Waals surface area contributed by atoms with Crippen LogP contribution < -0.4 is 0 Å². The molecule has 8 atom stereocenters. The van der Waals surface area contributed by atoms with Gasteiger partial charge in [0.2, 0.25) is 0 Å². The number of hydrogen-bond donors (Lipinski definition) is 1. The van der Waals surface area contributed by atoms with Gasteiger partial charge in [0.05, 0.1) is 0 Å². The second-order valence-electron chi connectivity index (χ2n) is 12.5. The molecule has 0 unspecified atom stereocenters. The normalized spacial score (nSPS) is 41.6. The molecule has 0 amide bonds. The molecule has 32 heavy (non-hydrogen) atoms. The minimum Gasteiger partial charge on any atom is -0.450 e. The van der Waals surface area contributed by atoms with Crippen LogP contribution in [0.25, 0.3) is 0 Å². The van der Waals surface area contributed by atoms with E-state index in [-0.39, 0.29) is 34.6 Å². The lowest BCUT2D eigenvalue weighted by Gasteiger charge is -2.58. The minimum atomic E-state index is -1.11. The number of hydrogen-bond acceptors (Lipinski definition) is 2. The van der Waals surface area contributed by atoms with Crippen molar-refractivity contribution in [1.82, 2.24) is 0 Å². The van der Waals surface area contributed by atoms with Crippen molar-refractivity contribution in [2.75, 3.05) is 0 Å². The first-order valence-corrected chi connectivity index (χ1v) is 13.2. The zero-order valence-electron chi connectivity index (χ0n) is 20.7. The summed E-state index contributed by atoms with van der Waals surface area (Å²) in [6.45, 7) is 12.4. The molecule has 0 bridgehead atoms. The fourth-order valence-electron chi connectivity index (χ4n) is 8.90. The number of rotatable bonds is 6. The van der Waals surface area contributed by atoms with Crippen molar-refractivity contribution in [2.24, 2.45) is 46.3 Å². The second-order valence-corrected chi connectivity index (χ2v) is 12.5. The molecule has 0 aromatic rings. The fraction of sp³-hybridized carbons (Fsp3) is 0.893. The monoisotopic (exact) mass is 456 g/mol. The zero-order chi connectivity index (χ0) is 22.4. The second kappa shape index (κ2) is 10.2. The van der Waals surface area contributed by atoms with Gasteiger partial charge < -0.3 is 9.84 Å². The lowest BCUT2D eigenvalue weighted by Crippen LogP contribution is -2.51. The summed E-state index contributed by atoms with van der Waals surface area (Å²) in [5, 5.41) is 9.05. The van der Waals surface area contributed by atoms with Crippen molar-refractivity contribution in [3.8, 4) is 0 Å². The lowest BCUT2D eigenvalue weighted by molar-refractivity contribution is -0.0601. The minimum absolute atomic E-state index is 0. The van der Waals surface area contributed by atoms with Crippen molar-refractivity contribution in [3.05, 3.63) is 11.6 Å². The smallest absolute Gasteiger partial charge is 0.450 e.